The number of Topliss-reactive ketones (excluding diaryl/α,β-unsaturated/α-hetero) is 1. The molecule has 7 nitrogen and oxygen atoms in total. The van der Waals surface area contributed by atoms with Crippen molar-refractivity contribution >= 4 is 35.0 Å². The van der Waals surface area contributed by atoms with Gasteiger partial charge in [0.1, 0.15) is 0 Å². The minimum Gasteiger partial charge on any atom is -0.481 e. The van der Waals surface area contributed by atoms with Gasteiger partial charge in [0, 0.05) is 18.5 Å². The number of carbonyl (C=O) groups excluding carboxylic acids is 1. The first-order chi connectivity index (χ1) is 17.4. The molecule has 1 unspecified atom stereocenters. The summed E-state index contributed by atoms with van der Waals surface area (Å²) in [5.74, 6) is -4.31. The first kappa shape index (κ1) is 30.1. The molecular weight excluding hydrogens is 513 g/mol. The Hall–Kier alpha value is -3.11. The third kappa shape index (κ3) is 10.0. The summed E-state index contributed by atoms with van der Waals surface area (Å²) in [5.41, 5.74) is 4.64. The summed E-state index contributed by atoms with van der Waals surface area (Å²) >= 11 is 6.41. The number of halogens is 4. The highest BCUT2D eigenvalue weighted by Gasteiger charge is 2.37. The molecule has 0 aromatic heterocycles. The fourth-order valence-electron chi connectivity index (χ4n) is 3.66. The number of hydrogen-bond donors (Lipinski definition) is 4. The first-order valence-electron chi connectivity index (χ1n) is 11.8. The van der Waals surface area contributed by atoms with E-state index in [1.165, 1.54) is 11.1 Å². The average Bonchev–Trinajstić information content (AvgIpc) is 3.08. The zero-order valence-electron chi connectivity index (χ0n) is 20.3. The lowest BCUT2D eigenvalue weighted by atomic mass is 9.98. The lowest BCUT2D eigenvalue weighted by Gasteiger charge is -2.16. The maximum atomic E-state index is 12.7. The maximum Gasteiger partial charge on any atom is 0.391 e. The van der Waals surface area contributed by atoms with Crippen LogP contribution in [-0.2, 0) is 29.0 Å². The standard InChI is InChI=1S/C22H24ClF3N2O.C4H6O4/c1-14(22(24,25)26)12-20(29)17-4-2-15(3-5-17)13-28-21-18-9-11-27-10-8-16(18)6-7-19(21)23;5-3(6)1-2-4(7)8/h2-7,14,27-28H,8-13H2,1H3;1-2H2,(H,5,6)(H,7,8). The molecule has 0 amide bonds. The summed E-state index contributed by atoms with van der Waals surface area (Å²) in [5, 5.41) is 23.2. The van der Waals surface area contributed by atoms with Crippen molar-refractivity contribution in [3.63, 3.8) is 0 Å². The van der Waals surface area contributed by atoms with Crippen LogP contribution in [0, 0.1) is 5.92 Å². The Morgan fingerprint density at radius 3 is 2.16 bits per heavy atom. The number of anilines is 1. The Bertz CT molecular complexity index is 1080. The van der Waals surface area contributed by atoms with Crippen LogP contribution in [-0.4, -0.2) is 47.2 Å². The third-order valence-electron chi connectivity index (χ3n) is 5.83. The largest absolute Gasteiger partial charge is 0.481 e. The quantitative estimate of drug-likeness (QED) is 0.316. The van der Waals surface area contributed by atoms with Crippen LogP contribution in [0.4, 0.5) is 18.9 Å². The lowest BCUT2D eigenvalue weighted by molar-refractivity contribution is -0.168. The van der Waals surface area contributed by atoms with Gasteiger partial charge in [-0.25, -0.2) is 0 Å². The number of ketones is 1. The number of carboxylic acids is 2. The summed E-state index contributed by atoms with van der Waals surface area (Å²) in [4.78, 5) is 31.4. The zero-order valence-corrected chi connectivity index (χ0v) is 21.1. The van der Waals surface area contributed by atoms with Gasteiger partial charge in [0.2, 0.25) is 0 Å². The zero-order chi connectivity index (χ0) is 27.6. The highest BCUT2D eigenvalue weighted by Crippen LogP contribution is 2.31. The third-order valence-corrected chi connectivity index (χ3v) is 6.15. The molecule has 37 heavy (non-hydrogen) atoms. The van der Waals surface area contributed by atoms with E-state index in [0.717, 1.165) is 44.1 Å². The monoisotopic (exact) mass is 542 g/mol. The molecule has 202 valence electrons. The van der Waals surface area contributed by atoms with Crippen LogP contribution in [0.1, 0.15) is 53.2 Å². The Morgan fingerprint density at radius 2 is 1.59 bits per heavy atom. The molecule has 1 aliphatic rings. The number of alkyl halides is 3. The van der Waals surface area contributed by atoms with Crippen molar-refractivity contribution in [2.75, 3.05) is 18.4 Å². The van der Waals surface area contributed by atoms with Crippen molar-refractivity contribution in [3.8, 4) is 0 Å². The Morgan fingerprint density at radius 1 is 1.00 bits per heavy atom. The molecule has 0 bridgehead atoms. The molecule has 0 aliphatic carbocycles. The number of carbonyl (C=O) groups is 3. The van der Waals surface area contributed by atoms with Crippen LogP contribution in [0.3, 0.4) is 0 Å². The molecule has 11 heteroatoms. The van der Waals surface area contributed by atoms with Crippen LogP contribution in [0.15, 0.2) is 36.4 Å². The molecule has 3 rings (SSSR count). The molecule has 0 fully saturated rings. The van der Waals surface area contributed by atoms with Gasteiger partial charge in [-0.3, -0.25) is 14.4 Å². The summed E-state index contributed by atoms with van der Waals surface area (Å²) in [6.45, 7) is 3.38. The highest BCUT2D eigenvalue weighted by atomic mass is 35.5. The second-order valence-corrected chi connectivity index (χ2v) is 9.13. The molecule has 2 aromatic rings. The van der Waals surface area contributed by atoms with Gasteiger partial charge < -0.3 is 20.8 Å². The van der Waals surface area contributed by atoms with Gasteiger partial charge in [-0.05, 0) is 48.7 Å². The summed E-state index contributed by atoms with van der Waals surface area (Å²) in [6, 6.07) is 10.7. The van der Waals surface area contributed by atoms with Crippen molar-refractivity contribution in [2.24, 2.45) is 5.92 Å². The number of nitrogens with one attached hydrogen (secondary N) is 2. The topological polar surface area (TPSA) is 116 Å². The molecule has 1 aliphatic heterocycles. The molecule has 4 N–H and O–H groups in total. The van der Waals surface area contributed by atoms with E-state index in [4.69, 9.17) is 21.8 Å². The molecule has 0 saturated heterocycles. The van der Waals surface area contributed by atoms with Crippen LogP contribution in [0.25, 0.3) is 0 Å². The minimum absolute atomic E-state index is 0.294. The fourth-order valence-corrected chi connectivity index (χ4v) is 3.90. The summed E-state index contributed by atoms with van der Waals surface area (Å²) < 4.78 is 38.0. The second kappa shape index (κ2) is 14.0. The number of fused-ring (bicyclic) bond motifs is 1. The Kier molecular flexibility index (Phi) is 11.4. The van der Waals surface area contributed by atoms with Crippen LogP contribution in [0.2, 0.25) is 5.02 Å². The van der Waals surface area contributed by atoms with E-state index in [1.54, 1.807) is 24.3 Å². The van der Waals surface area contributed by atoms with Gasteiger partial charge in [-0.2, -0.15) is 13.2 Å². The average molecular weight is 543 g/mol. The van der Waals surface area contributed by atoms with Crippen molar-refractivity contribution in [2.45, 2.75) is 51.7 Å². The number of carboxylic acid groups (broad SMARTS) is 2. The van der Waals surface area contributed by atoms with Gasteiger partial charge >= 0.3 is 18.1 Å². The van der Waals surface area contributed by atoms with E-state index in [9.17, 15) is 27.6 Å². The normalized spacial score (nSPS) is 13.9. The van der Waals surface area contributed by atoms with Gasteiger partial charge in [0.05, 0.1) is 29.5 Å². The van der Waals surface area contributed by atoms with Crippen molar-refractivity contribution in [1.29, 1.82) is 0 Å². The van der Waals surface area contributed by atoms with Crippen LogP contribution >= 0.6 is 11.6 Å². The predicted octanol–water partition coefficient (Wildman–Crippen LogP) is 5.35. The molecule has 0 radical (unpaired) electrons. The van der Waals surface area contributed by atoms with E-state index in [-0.39, 0.29) is 12.8 Å². The number of benzene rings is 2. The molecule has 0 saturated carbocycles. The van der Waals surface area contributed by atoms with Gasteiger partial charge in [0.25, 0.3) is 0 Å². The van der Waals surface area contributed by atoms with E-state index >= 15 is 0 Å². The van der Waals surface area contributed by atoms with Gasteiger partial charge in [-0.1, -0.05) is 48.9 Å². The first-order valence-corrected chi connectivity index (χ1v) is 12.1. The second-order valence-electron chi connectivity index (χ2n) is 8.72. The fraction of sp³-hybridized carbons (Fsp3) is 0.423. The maximum absolute atomic E-state index is 12.7. The minimum atomic E-state index is -4.36. The van der Waals surface area contributed by atoms with E-state index in [0.29, 0.717) is 17.1 Å². The Labute approximate surface area is 218 Å². The van der Waals surface area contributed by atoms with Crippen LogP contribution in [0.5, 0.6) is 0 Å². The summed E-state index contributed by atoms with van der Waals surface area (Å²) in [7, 11) is 0. The molecule has 1 atom stereocenters. The Balaban J connectivity index is 0.000000521. The smallest absolute Gasteiger partial charge is 0.391 e. The van der Waals surface area contributed by atoms with Crippen molar-refractivity contribution < 1.29 is 37.8 Å². The van der Waals surface area contributed by atoms with Gasteiger partial charge in [0.15, 0.2) is 5.78 Å². The van der Waals surface area contributed by atoms with Crippen molar-refractivity contribution in [3.05, 3.63) is 63.7 Å². The molecule has 2 aromatic carbocycles. The van der Waals surface area contributed by atoms with Crippen LogP contribution < -0.4 is 10.6 Å². The highest BCUT2D eigenvalue weighted by molar-refractivity contribution is 6.33. The van der Waals surface area contributed by atoms with Crippen molar-refractivity contribution in [1.82, 2.24) is 5.32 Å². The summed E-state index contributed by atoms with van der Waals surface area (Å²) in [6.07, 6.45) is -3.65. The van der Waals surface area contributed by atoms with E-state index < -0.39 is 36.2 Å². The van der Waals surface area contributed by atoms with E-state index in [2.05, 4.69) is 16.7 Å². The predicted molar refractivity (Wildman–Crippen MR) is 134 cm³/mol. The van der Waals surface area contributed by atoms with Gasteiger partial charge in [-0.15, -0.1) is 0 Å². The molecular formula is C26H30ClF3N2O5. The lowest BCUT2D eigenvalue weighted by Crippen LogP contribution is -2.22. The molecule has 0 spiro atoms. The molecule has 1 heterocycles. The van der Waals surface area contributed by atoms with E-state index in [1.807, 2.05) is 6.07 Å². The number of rotatable bonds is 9. The number of hydrogen-bond acceptors (Lipinski definition) is 5. The number of aliphatic carboxylic acids is 2. The SMILES string of the molecule is CC(CC(=O)c1ccc(CNc2c(Cl)ccc3c2CCNCC3)cc1)C(F)(F)F.O=C(O)CCC(=O)O.